The quantitative estimate of drug-likeness (QED) is 0.150. The molecular weight excluding hydrogens is 948 g/mol. The summed E-state index contributed by atoms with van der Waals surface area (Å²) in [6.45, 7) is 17.6. The van der Waals surface area contributed by atoms with Crippen molar-refractivity contribution in [1.29, 1.82) is 0 Å². The summed E-state index contributed by atoms with van der Waals surface area (Å²) in [5, 5.41) is 68.5. The molecule has 73 heavy (non-hydrogen) atoms. The molecule has 3 fully saturated rings. The van der Waals surface area contributed by atoms with Crippen LogP contribution in [0.5, 0.6) is 0 Å². The Balaban J connectivity index is 1.44. The van der Waals surface area contributed by atoms with E-state index in [1.54, 1.807) is 61.8 Å². The number of alkyl halides is 1. The van der Waals surface area contributed by atoms with Crippen LogP contribution >= 0.6 is 0 Å². The van der Waals surface area contributed by atoms with Crippen LogP contribution < -0.4 is 4.90 Å². The van der Waals surface area contributed by atoms with Crippen molar-refractivity contribution in [1.82, 2.24) is 24.8 Å². The number of aliphatic hydroxyl groups is 5. The average Bonchev–Trinajstić information content (AvgIpc) is 3.81. The fourth-order valence-corrected chi connectivity index (χ4v) is 11.5. The number of carbonyl (C=O) groups excluding carboxylic acids is 1. The molecule has 20 atom stereocenters. The summed E-state index contributed by atoms with van der Waals surface area (Å²) in [6.07, 6.45) is -7.87. The van der Waals surface area contributed by atoms with Crippen LogP contribution in [0.4, 0.5) is 10.1 Å². The smallest absolute Gasteiger partial charge is 0.311 e. The SMILES string of the molecule is CC[C@H]1OC(=O)[C@H](C)[C@@H](O[C@H]2C[C@@](C)(OC)[C@@H](O)[C@H](C)O2)[C@H](C)[C@@H](O[C@@H]2O[C@H](C)C[C@H](N(C)CCc3cn([C@H](CF)[C@H](OC)c4ccc(N(C)C)cc4)nn3)[C@H]2O)[C@](C)(O)C[C@@H](C)CN(C)[C@H](C)[C@@H](O)[C@]1(C)O. The molecule has 1 aromatic heterocycles. The third kappa shape index (κ3) is 14.2. The van der Waals surface area contributed by atoms with Crippen LogP contribution in [0.1, 0.15) is 118 Å². The molecule has 0 spiro atoms. The molecule has 19 nitrogen and oxygen atoms in total. The number of methoxy groups -OCH3 is 2. The summed E-state index contributed by atoms with van der Waals surface area (Å²) in [7, 11) is 10.7. The number of hydrogen-bond acceptors (Lipinski definition) is 18. The lowest BCUT2D eigenvalue weighted by atomic mass is 9.77. The Hall–Kier alpha value is -2.96. The molecule has 5 N–H and O–H groups in total. The van der Waals surface area contributed by atoms with Crippen molar-refractivity contribution in [2.45, 2.75) is 204 Å². The molecule has 2 aromatic rings. The molecule has 0 radical (unpaired) electrons. The first-order chi connectivity index (χ1) is 34.1. The summed E-state index contributed by atoms with van der Waals surface area (Å²) >= 11 is 0. The Bertz CT molecular complexity index is 2020. The third-order valence-electron chi connectivity index (χ3n) is 16.2. The lowest BCUT2D eigenvalue weighted by Gasteiger charge is -2.49. The molecule has 0 unspecified atom stereocenters. The zero-order valence-electron chi connectivity index (χ0n) is 46.4. The van der Waals surface area contributed by atoms with E-state index in [2.05, 4.69) is 10.3 Å². The van der Waals surface area contributed by atoms with Crippen LogP contribution in [0.25, 0.3) is 0 Å². The van der Waals surface area contributed by atoms with Gasteiger partial charge in [0.25, 0.3) is 0 Å². The number of ether oxygens (including phenoxy) is 7. The number of nitrogens with zero attached hydrogens (tertiary/aromatic N) is 6. The maximum absolute atomic E-state index is 14.8. The van der Waals surface area contributed by atoms with E-state index in [9.17, 15) is 34.7 Å². The highest BCUT2D eigenvalue weighted by molar-refractivity contribution is 5.73. The van der Waals surface area contributed by atoms with E-state index in [0.717, 1.165) is 11.3 Å². The van der Waals surface area contributed by atoms with E-state index in [1.165, 1.54) is 18.7 Å². The number of aliphatic hydroxyl groups excluding tert-OH is 3. The number of cyclic esters (lactones) is 1. The number of rotatable bonds is 16. The highest BCUT2D eigenvalue weighted by atomic mass is 19.1. The Labute approximate surface area is 433 Å². The normalized spacial score (nSPS) is 39.6. The van der Waals surface area contributed by atoms with Gasteiger partial charge in [0.2, 0.25) is 0 Å². The molecule has 20 heteroatoms. The maximum Gasteiger partial charge on any atom is 0.311 e. The number of carbonyl (C=O) groups is 1. The number of halogens is 1. The van der Waals surface area contributed by atoms with E-state index in [0.29, 0.717) is 31.6 Å². The summed E-state index contributed by atoms with van der Waals surface area (Å²) in [6, 6.07) is 5.92. The largest absolute Gasteiger partial charge is 0.459 e. The topological polar surface area (TPSA) is 223 Å². The number of likely N-dealkylation sites (N-methyl/N-ethyl adjacent to an activating group) is 2. The van der Waals surface area contributed by atoms with Gasteiger partial charge in [0.15, 0.2) is 12.6 Å². The van der Waals surface area contributed by atoms with Gasteiger partial charge in [-0.3, -0.25) is 4.79 Å². The minimum absolute atomic E-state index is 0.0870. The van der Waals surface area contributed by atoms with Crippen LogP contribution in [-0.4, -0.2) is 209 Å². The Kier molecular flexibility index (Phi) is 21.2. The van der Waals surface area contributed by atoms with E-state index < -0.39 is 127 Å². The van der Waals surface area contributed by atoms with Gasteiger partial charge in [0.05, 0.1) is 47.2 Å². The van der Waals surface area contributed by atoms with Gasteiger partial charge >= 0.3 is 5.97 Å². The molecule has 0 saturated carbocycles. The first-order valence-corrected chi connectivity index (χ1v) is 26.2. The van der Waals surface area contributed by atoms with Gasteiger partial charge in [0.1, 0.15) is 48.8 Å². The van der Waals surface area contributed by atoms with Crippen molar-refractivity contribution in [2.24, 2.45) is 17.8 Å². The number of hydrogen-bond donors (Lipinski definition) is 5. The number of esters is 1. The summed E-state index contributed by atoms with van der Waals surface area (Å²) in [4.78, 5) is 20.4. The third-order valence-corrected chi connectivity index (χ3v) is 16.2. The summed E-state index contributed by atoms with van der Waals surface area (Å²) < 4.78 is 60.4. The molecule has 3 saturated heterocycles. The monoisotopic (exact) mass is 1040 g/mol. The van der Waals surface area contributed by atoms with Crippen LogP contribution in [0.15, 0.2) is 30.5 Å². The molecule has 0 bridgehead atoms. The van der Waals surface area contributed by atoms with E-state index in [4.69, 9.17) is 33.2 Å². The zero-order valence-corrected chi connectivity index (χ0v) is 46.4. The fourth-order valence-electron chi connectivity index (χ4n) is 11.5. The molecular formula is C53H91FN6O13. The Morgan fingerprint density at radius 1 is 0.945 bits per heavy atom. The summed E-state index contributed by atoms with van der Waals surface area (Å²) in [5.41, 5.74) is -2.15. The molecule has 5 rings (SSSR count). The standard InChI is InChI=1S/C53H91FN6O13/c1-17-41-53(10,66)46(62)34(6)59(14)28-30(2)25-51(8,65)48(32(4)44(33(5)49(64)71-41)72-42-26-52(9,68-16)47(63)35(7)70-42)73-50-43(61)39(24-31(3)69-50)58(13)23-22-37-29-60(56-55-37)40(27-54)45(67-15)36-18-20-38(21-19-36)57(11)12/h18-21,29-35,39-48,50,61-63,65-66H,17,22-28H2,1-16H3/t30-,31-,32+,33-,34-,35+,39+,40-,41-,42+,43-,44+,45-,46-,47+,48-,50+,51-,52-,53-/m1/s1. The van der Waals surface area contributed by atoms with Gasteiger partial charge in [-0.2, -0.15) is 0 Å². The van der Waals surface area contributed by atoms with Gasteiger partial charge < -0.3 is 73.4 Å². The maximum atomic E-state index is 14.8. The van der Waals surface area contributed by atoms with Crippen molar-refractivity contribution in [3.8, 4) is 0 Å². The minimum atomic E-state index is -1.85. The minimum Gasteiger partial charge on any atom is -0.459 e. The molecule has 3 aliphatic rings. The second-order valence-electron chi connectivity index (χ2n) is 22.5. The second-order valence-corrected chi connectivity index (χ2v) is 22.5. The van der Waals surface area contributed by atoms with Gasteiger partial charge in [-0.05, 0) is 105 Å². The van der Waals surface area contributed by atoms with Crippen molar-refractivity contribution < 1.29 is 67.9 Å². The van der Waals surface area contributed by atoms with Crippen molar-refractivity contribution in [2.75, 3.05) is 67.1 Å². The van der Waals surface area contributed by atoms with Crippen LogP contribution in [0.3, 0.4) is 0 Å². The van der Waals surface area contributed by atoms with Gasteiger partial charge in [-0.1, -0.05) is 38.1 Å². The average molecular weight is 1040 g/mol. The number of anilines is 1. The van der Waals surface area contributed by atoms with E-state index in [1.807, 2.05) is 81.0 Å². The van der Waals surface area contributed by atoms with Gasteiger partial charge in [0, 0.05) is 84.1 Å². The predicted octanol–water partition coefficient (Wildman–Crippen LogP) is 4.07. The highest BCUT2D eigenvalue weighted by Gasteiger charge is 2.53. The predicted molar refractivity (Wildman–Crippen MR) is 272 cm³/mol. The van der Waals surface area contributed by atoms with E-state index >= 15 is 0 Å². The first kappa shape index (κ1) is 60.9. The highest BCUT2D eigenvalue weighted by Crippen LogP contribution is 2.41. The lowest BCUT2D eigenvalue weighted by Crippen LogP contribution is -2.61. The molecule has 0 amide bonds. The molecule has 1 aromatic carbocycles. The second kappa shape index (κ2) is 25.5. The van der Waals surface area contributed by atoms with Crippen LogP contribution in [-0.2, 0) is 44.4 Å². The molecule has 4 heterocycles. The first-order valence-electron chi connectivity index (χ1n) is 26.2. The Morgan fingerprint density at radius 2 is 1.60 bits per heavy atom. The lowest BCUT2D eigenvalue weighted by molar-refractivity contribution is -0.318. The molecule has 3 aliphatic heterocycles. The van der Waals surface area contributed by atoms with Gasteiger partial charge in [-0.25, -0.2) is 9.07 Å². The number of aromatic nitrogens is 3. The van der Waals surface area contributed by atoms with Crippen LogP contribution in [0.2, 0.25) is 0 Å². The van der Waals surface area contributed by atoms with Crippen molar-refractivity contribution in [3.05, 3.63) is 41.7 Å². The number of benzene rings is 1. The van der Waals surface area contributed by atoms with E-state index in [-0.39, 0.29) is 25.2 Å². The van der Waals surface area contributed by atoms with Crippen molar-refractivity contribution >= 4 is 11.7 Å². The molecule has 418 valence electrons. The van der Waals surface area contributed by atoms with Crippen molar-refractivity contribution in [3.63, 3.8) is 0 Å². The molecule has 0 aliphatic carbocycles. The zero-order chi connectivity index (χ0) is 54.5. The fraction of sp³-hybridized carbons (Fsp3) is 0.830. The van der Waals surface area contributed by atoms with Gasteiger partial charge in [-0.15, -0.1) is 5.10 Å². The summed E-state index contributed by atoms with van der Waals surface area (Å²) in [5.74, 6) is -2.86. The Morgan fingerprint density at radius 3 is 2.19 bits per heavy atom. The van der Waals surface area contributed by atoms with Crippen LogP contribution in [0, 0.1) is 17.8 Å².